The summed E-state index contributed by atoms with van der Waals surface area (Å²) in [7, 11) is 1.84. The van der Waals surface area contributed by atoms with Crippen molar-refractivity contribution in [3.63, 3.8) is 0 Å². The first-order chi connectivity index (χ1) is 10.0. The Morgan fingerprint density at radius 1 is 1.38 bits per heavy atom. The minimum absolute atomic E-state index is 0.0831. The first kappa shape index (κ1) is 17.3. The summed E-state index contributed by atoms with van der Waals surface area (Å²) in [5.41, 5.74) is 2.00. The highest BCUT2D eigenvalue weighted by atomic mass is 16.2. The molecule has 21 heavy (non-hydrogen) atoms. The van der Waals surface area contributed by atoms with Crippen LogP contribution >= 0.6 is 0 Å². The molecule has 0 radical (unpaired) electrons. The predicted molar refractivity (Wildman–Crippen MR) is 85.6 cm³/mol. The van der Waals surface area contributed by atoms with E-state index in [1.54, 1.807) is 4.90 Å². The van der Waals surface area contributed by atoms with Gasteiger partial charge in [0.15, 0.2) is 0 Å². The van der Waals surface area contributed by atoms with Gasteiger partial charge in [0.1, 0.15) is 0 Å². The Balaban J connectivity index is 2.60. The third-order valence-electron chi connectivity index (χ3n) is 3.18. The number of nitrogens with zero attached hydrogens (tertiary/aromatic N) is 1. The molecule has 0 fully saturated rings. The lowest BCUT2D eigenvalue weighted by molar-refractivity contribution is -0.130. The van der Waals surface area contributed by atoms with Crippen LogP contribution in [0.3, 0.4) is 0 Å². The van der Waals surface area contributed by atoms with Gasteiger partial charge >= 0.3 is 0 Å². The van der Waals surface area contributed by atoms with Crippen LogP contribution in [0.1, 0.15) is 44.2 Å². The molecule has 0 heterocycles. The van der Waals surface area contributed by atoms with Gasteiger partial charge in [0.05, 0.1) is 6.61 Å². The molecule has 1 N–H and O–H groups in total. The zero-order valence-corrected chi connectivity index (χ0v) is 13.2. The molecule has 3 heteroatoms. The SMILES string of the molecule is CC(C)CCC(=O)N(C)Cc1cccc(C#CCCO)c1. The molecule has 3 nitrogen and oxygen atoms in total. The molecular weight excluding hydrogens is 262 g/mol. The fraction of sp³-hybridized carbons (Fsp3) is 0.500. The van der Waals surface area contributed by atoms with E-state index >= 15 is 0 Å². The molecule has 0 aliphatic rings. The van der Waals surface area contributed by atoms with E-state index in [1.807, 2.05) is 31.3 Å². The van der Waals surface area contributed by atoms with Crippen LogP contribution in [0.2, 0.25) is 0 Å². The Morgan fingerprint density at radius 3 is 2.81 bits per heavy atom. The summed E-state index contributed by atoms with van der Waals surface area (Å²) in [5, 5.41) is 8.72. The van der Waals surface area contributed by atoms with Crippen LogP contribution in [-0.4, -0.2) is 29.6 Å². The molecule has 0 aromatic heterocycles. The molecule has 0 spiro atoms. The maximum Gasteiger partial charge on any atom is 0.222 e. The van der Waals surface area contributed by atoms with Gasteiger partial charge in [0.25, 0.3) is 0 Å². The summed E-state index contributed by atoms with van der Waals surface area (Å²) in [6.45, 7) is 4.94. The Bertz CT molecular complexity index is 511. The van der Waals surface area contributed by atoms with Crippen LogP contribution in [0.4, 0.5) is 0 Å². The zero-order chi connectivity index (χ0) is 15.7. The summed E-state index contributed by atoms with van der Waals surface area (Å²) in [6, 6.07) is 7.89. The molecule has 0 aliphatic carbocycles. The number of amides is 1. The molecule has 1 aromatic rings. The Hall–Kier alpha value is -1.79. The van der Waals surface area contributed by atoms with Crippen LogP contribution < -0.4 is 0 Å². The fourth-order valence-corrected chi connectivity index (χ4v) is 1.93. The summed E-state index contributed by atoms with van der Waals surface area (Å²) >= 11 is 0. The summed E-state index contributed by atoms with van der Waals surface area (Å²) in [4.78, 5) is 13.8. The van der Waals surface area contributed by atoms with Crippen LogP contribution in [0, 0.1) is 17.8 Å². The van der Waals surface area contributed by atoms with Crippen molar-refractivity contribution in [2.45, 2.75) is 39.7 Å². The highest BCUT2D eigenvalue weighted by molar-refractivity contribution is 5.75. The molecule has 0 atom stereocenters. The number of benzene rings is 1. The van der Waals surface area contributed by atoms with E-state index in [0.717, 1.165) is 17.5 Å². The van der Waals surface area contributed by atoms with Crippen molar-refractivity contribution in [3.8, 4) is 11.8 Å². The van der Waals surface area contributed by atoms with Crippen molar-refractivity contribution in [1.82, 2.24) is 4.90 Å². The van der Waals surface area contributed by atoms with Crippen molar-refractivity contribution in [1.29, 1.82) is 0 Å². The van der Waals surface area contributed by atoms with Crippen LogP contribution in [0.25, 0.3) is 0 Å². The van der Waals surface area contributed by atoms with Gasteiger partial charge in [-0.2, -0.15) is 0 Å². The number of hydrogen-bond donors (Lipinski definition) is 1. The summed E-state index contributed by atoms with van der Waals surface area (Å²) in [6.07, 6.45) is 2.01. The minimum Gasteiger partial charge on any atom is -0.395 e. The molecule has 1 rings (SSSR count). The van der Waals surface area contributed by atoms with Gasteiger partial charge in [-0.3, -0.25) is 4.79 Å². The first-order valence-corrected chi connectivity index (χ1v) is 7.45. The number of carbonyl (C=O) groups is 1. The van der Waals surface area contributed by atoms with E-state index in [4.69, 9.17) is 5.11 Å². The highest BCUT2D eigenvalue weighted by Crippen LogP contribution is 2.10. The lowest BCUT2D eigenvalue weighted by Gasteiger charge is -2.18. The second-order valence-corrected chi connectivity index (χ2v) is 5.66. The zero-order valence-electron chi connectivity index (χ0n) is 13.2. The molecular formula is C18H25NO2. The third-order valence-corrected chi connectivity index (χ3v) is 3.18. The number of hydrogen-bond acceptors (Lipinski definition) is 2. The van der Waals surface area contributed by atoms with Crippen LogP contribution in [0.15, 0.2) is 24.3 Å². The topological polar surface area (TPSA) is 40.5 Å². The van der Waals surface area contributed by atoms with Crippen LogP contribution in [0.5, 0.6) is 0 Å². The third kappa shape index (κ3) is 6.97. The second kappa shape index (κ2) is 9.20. The van der Waals surface area contributed by atoms with Gasteiger partial charge in [-0.15, -0.1) is 0 Å². The normalized spacial score (nSPS) is 10.1. The van der Waals surface area contributed by atoms with E-state index in [-0.39, 0.29) is 12.5 Å². The van der Waals surface area contributed by atoms with Gasteiger partial charge in [-0.1, -0.05) is 37.8 Å². The van der Waals surface area contributed by atoms with Gasteiger partial charge in [-0.05, 0) is 30.0 Å². The monoisotopic (exact) mass is 287 g/mol. The van der Waals surface area contributed by atoms with Crippen molar-refractivity contribution < 1.29 is 9.90 Å². The largest absolute Gasteiger partial charge is 0.395 e. The molecule has 0 aliphatic heterocycles. The van der Waals surface area contributed by atoms with E-state index < -0.39 is 0 Å². The molecule has 1 amide bonds. The average molecular weight is 287 g/mol. The smallest absolute Gasteiger partial charge is 0.222 e. The Kier molecular flexibility index (Phi) is 7.56. The van der Waals surface area contributed by atoms with Crippen molar-refractivity contribution >= 4 is 5.91 Å². The highest BCUT2D eigenvalue weighted by Gasteiger charge is 2.10. The number of aliphatic hydroxyl groups is 1. The van der Waals surface area contributed by atoms with E-state index in [9.17, 15) is 4.79 Å². The second-order valence-electron chi connectivity index (χ2n) is 5.66. The van der Waals surface area contributed by atoms with Gasteiger partial charge in [0.2, 0.25) is 5.91 Å². The van der Waals surface area contributed by atoms with Gasteiger partial charge in [-0.25, -0.2) is 0 Å². The molecule has 0 bridgehead atoms. The van der Waals surface area contributed by atoms with E-state index in [2.05, 4.69) is 25.7 Å². The lowest BCUT2D eigenvalue weighted by Crippen LogP contribution is -2.26. The Labute approximate surface area is 128 Å². The van der Waals surface area contributed by atoms with Crippen molar-refractivity contribution in [2.24, 2.45) is 5.92 Å². The summed E-state index contributed by atoms with van der Waals surface area (Å²) in [5.74, 6) is 6.65. The lowest BCUT2D eigenvalue weighted by atomic mass is 10.1. The summed E-state index contributed by atoms with van der Waals surface area (Å²) < 4.78 is 0. The van der Waals surface area contributed by atoms with Gasteiger partial charge < -0.3 is 10.0 Å². The van der Waals surface area contributed by atoms with Crippen LogP contribution in [-0.2, 0) is 11.3 Å². The number of aliphatic hydroxyl groups excluding tert-OH is 1. The van der Waals surface area contributed by atoms with Crippen molar-refractivity contribution in [3.05, 3.63) is 35.4 Å². The predicted octanol–water partition coefficient (Wildman–Crippen LogP) is 2.82. The molecule has 0 unspecified atom stereocenters. The minimum atomic E-state index is 0.0831. The quantitative estimate of drug-likeness (QED) is 0.817. The van der Waals surface area contributed by atoms with Crippen molar-refractivity contribution in [2.75, 3.05) is 13.7 Å². The maximum absolute atomic E-state index is 12.0. The maximum atomic E-state index is 12.0. The fourth-order valence-electron chi connectivity index (χ4n) is 1.93. The van der Waals surface area contributed by atoms with Gasteiger partial charge in [0, 0.05) is 32.0 Å². The molecule has 0 saturated carbocycles. The average Bonchev–Trinajstić information content (AvgIpc) is 2.45. The number of carbonyl (C=O) groups excluding carboxylic acids is 1. The van der Waals surface area contributed by atoms with E-state index in [0.29, 0.717) is 25.3 Å². The molecule has 1 aromatic carbocycles. The standard InChI is InChI=1S/C18H25NO2/c1-15(2)10-11-18(21)19(3)14-17-9-6-8-16(13-17)7-4-5-12-20/h6,8-9,13,15,20H,5,10-12,14H2,1-3H3. The van der Waals surface area contributed by atoms with E-state index in [1.165, 1.54) is 0 Å². The number of rotatable bonds is 6. The first-order valence-electron chi connectivity index (χ1n) is 7.45. The molecule has 114 valence electrons. The Morgan fingerprint density at radius 2 is 2.14 bits per heavy atom. The molecule has 0 saturated heterocycles.